The molecule has 92 valence electrons. The van der Waals surface area contributed by atoms with E-state index in [2.05, 4.69) is 41.7 Å². The van der Waals surface area contributed by atoms with Crippen molar-refractivity contribution in [3.63, 3.8) is 0 Å². The average molecular weight is 258 g/mol. The summed E-state index contributed by atoms with van der Waals surface area (Å²) >= 11 is 5.92. The Bertz CT molecular complexity index is 533. The van der Waals surface area contributed by atoms with Gasteiger partial charge in [-0.2, -0.15) is 0 Å². The minimum absolute atomic E-state index is 0.566. The van der Waals surface area contributed by atoms with E-state index in [1.807, 2.05) is 12.1 Å². The summed E-state index contributed by atoms with van der Waals surface area (Å²) < 4.78 is 0. The van der Waals surface area contributed by atoms with Gasteiger partial charge in [0.1, 0.15) is 0 Å². The molecular formula is C16H16ClN. The van der Waals surface area contributed by atoms with Crippen molar-refractivity contribution in [3.05, 3.63) is 70.2 Å². The largest absolute Gasteiger partial charge is 0.312 e. The number of hydrogen-bond donors (Lipinski definition) is 1. The van der Waals surface area contributed by atoms with Gasteiger partial charge in [-0.3, -0.25) is 0 Å². The Balaban J connectivity index is 1.84. The lowest BCUT2D eigenvalue weighted by atomic mass is 9.86. The number of nitrogens with one attached hydrogen (secondary N) is 1. The Morgan fingerprint density at radius 1 is 1.06 bits per heavy atom. The molecule has 1 unspecified atom stereocenters. The van der Waals surface area contributed by atoms with Gasteiger partial charge in [-0.1, -0.05) is 48.0 Å². The Hall–Kier alpha value is -1.31. The predicted octanol–water partition coefficient (Wildman–Crippen LogP) is 3.77. The van der Waals surface area contributed by atoms with Gasteiger partial charge < -0.3 is 5.32 Å². The predicted molar refractivity (Wildman–Crippen MR) is 76.0 cm³/mol. The lowest BCUT2D eigenvalue weighted by Gasteiger charge is -2.26. The normalized spacial score (nSPS) is 18.4. The summed E-state index contributed by atoms with van der Waals surface area (Å²) in [7, 11) is 0. The van der Waals surface area contributed by atoms with Gasteiger partial charge in [0.15, 0.2) is 0 Å². The standard InChI is InChI=1S/C16H16ClN/c17-15-7-5-12(6-8-15)9-14-11-18-10-13-3-1-2-4-16(13)14/h1-8,14,18H,9-11H2. The van der Waals surface area contributed by atoms with Crippen LogP contribution >= 0.6 is 11.6 Å². The van der Waals surface area contributed by atoms with Crippen molar-refractivity contribution in [1.29, 1.82) is 0 Å². The molecule has 0 spiro atoms. The molecule has 0 aromatic heterocycles. The minimum atomic E-state index is 0.566. The zero-order valence-corrected chi connectivity index (χ0v) is 11.0. The van der Waals surface area contributed by atoms with Crippen molar-refractivity contribution in [2.24, 2.45) is 0 Å². The molecule has 1 atom stereocenters. The first-order valence-corrected chi connectivity index (χ1v) is 6.74. The summed E-state index contributed by atoms with van der Waals surface area (Å²) in [5, 5.41) is 4.30. The molecule has 1 aliphatic rings. The van der Waals surface area contributed by atoms with Crippen molar-refractivity contribution in [2.45, 2.75) is 18.9 Å². The van der Waals surface area contributed by atoms with Crippen LogP contribution in [0, 0.1) is 0 Å². The van der Waals surface area contributed by atoms with E-state index in [1.165, 1.54) is 16.7 Å². The Kier molecular flexibility index (Phi) is 3.35. The molecule has 1 N–H and O–H groups in total. The molecule has 2 heteroatoms. The van der Waals surface area contributed by atoms with E-state index in [1.54, 1.807) is 0 Å². The van der Waals surface area contributed by atoms with Gasteiger partial charge in [-0.15, -0.1) is 0 Å². The average Bonchev–Trinajstić information content (AvgIpc) is 2.42. The Morgan fingerprint density at radius 2 is 1.83 bits per heavy atom. The number of hydrogen-bond acceptors (Lipinski definition) is 1. The second-order valence-electron chi connectivity index (χ2n) is 4.86. The van der Waals surface area contributed by atoms with E-state index in [9.17, 15) is 0 Å². The fourth-order valence-corrected chi connectivity index (χ4v) is 2.80. The minimum Gasteiger partial charge on any atom is -0.312 e. The second-order valence-corrected chi connectivity index (χ2v) is 5.29. The van der Waals surface area contributed by atoms with Gasteiger partial charge in [0, 0.05) is 24.0 Å². The topological polar surface area (TPSA) is 12.0 Å². The summed E-state index contributed by atoms with van der Waals surface area (Å²) in [6.45, 7) is 2.05. The third-order valence-electron chi connectivity index (χ3n) is 3.60. The second kappa shape index (κ2) is 5.13. The summed E-state index contributed by atoms with van der Waals surface area (Å²) in [5.74, 6) is 0.566. The van der Waals surface area contributed by atoms with Crippen LogP contribution in [0.25, 0.3) is 0 Å². The first-order chi connectivity index (χ1) is 8.83. The van der Waals surface area contributed by atoms with Gasteiger partial charge in [-0.05, 0) is 35.2 Å². The lowest BCUT2D eigenvalue weighted by molar-refractivity contribution is 0.539. The van der Waals surface area contributed by atoms with E-state index in [-0.39, 0.29) is 0 Å². The highest BCUT2D eigenvalue weighted by Gasteiger charge is 2.19. The van der Waals surface area contributed by atoms with Crippen LogP contribution in [0.4, 0.5) is 0 Å². The maximum Gasteiger partial charge on any atom is 0.0406 e. The number of rotatable bonds is 2. The molecule has 1 nitrogen and oxygen atoms in total. The molecule has 18 heavy (non-hydrogen) atoms. The first-order valence-electron chi connectivity index (χ1n) is 6.36. The summed E-state index contributed by atoms with van der Waals surface area (Å²) in [6, 6.07) is 16.9. The fourth-order valence-electron chi connectivity index (χ4n) is 2.67. The molecular weight excluding hydrogens is 242 g/mol. The molecule has 1 aliphatic heterocycles. The summed E-state index contributed by atoms with van der Waals surface area (Å²) in [5.41, 5.74) is 4.27. The fraction of sp³-hybridized carbons (Fsp3) is 0.250. The monoisotopic (exact) mass is 257 g/mol. The Morgan fingerprint density at radius 3 is 2.67 bits per heavy atom. The van der Waals surface area contributed by atoms with Crippen LogP contribution in [0.15, 0.2) is 48.5 Å². The first kappa shape index (κ1) is 11.8. The van der Waals surface area contributed by atoms with Gasteiger partial charge >= 0.3 is 0 Å². The van der Waals surface area contributed by atoms with Crippen LogP contribution in [-0.2, 0) is 13.0 Å². The van der Waals surface area contributed by atoms with Crippen molar-refractivity contribution >= 4 is 11.6 Å². The van der Waals surface area contributed by atoms with Gasteiger partial charge in [0.05, 0.1) is 0 Å². The van der Waals surface area contributed by atoms with Crippen LogP contribution in [0.1, 0.15) is 22.6 Å². The smallest absolute Gasteiger partial charge is 0.0406 e. The van der Waals surface area contributed by atoms with Gasteiger partial charge in [0.25, 0.3) is 0 Å². The maximum atomic E-state index is 5.92. The highest BCUT2D eigenvalue weighted by atomic mass is 35.5. The maximum absolute atomic E-state index is 5.92. The molecule has 0 radical (unpaired) electrons. The molecule has 0 amide bonds. The highest BCUT2D eigenvalue weighted by Crippen LogP contribution is 2.27. The number of benzene rings is 2. The zero-order chi connectivity index (χ0) is 12.4. The third kappa shape index (κ3) is 2.43. The SMILES string of the molecule is Clc1ccc(CC2CNCc3ccccc32)cc1. The van der Waals surface area contributed by atoms with Gasteiger partial charge in [0.2, 0.25) is 0 Å². The molecule has 0 saturated heterocycles. The molecule has 0 aliphatic carbocycles. The van der Waals surface area contributed by atoms with Crippen LogP contribution in [0.3, 0.4) is 0 Å². The van der Waals surface area contributed by atoms with E-state index in [0.29, 0.717) is 5.92 Å². The molecule has 2 aromatic carbocycles. The molecule has 2 aromatic rings. The van der Waals surface area contributed by atoms with Crippen LogP contribution in [0.2, 0.25) is 5.02 Å². The van der Waals surface area contributed by atoms with E-state index >= 15 is 0 Å². The van der Waals surface area contributed by atoms with Crippen LogP contribution in [0.5, 0.6) is 0 Å². The van der Waals surface area contributed by atoms with Crippen molar-refractivity contribution in [2.75, 3.05) is 6.54 Å². The van der Waals surface area contributed by atoms with E-state index in [0.717, 1.165) is 24.5 Å². The molecule has 0 fully saturated rings. The van der Waals surface area contributed by atoms with Crippen LogP contribution < -0.4 is 5.32 Å². The van der Waals surface area contributed by atoms with E-state index in [4.69, 9.17) is 11.6 Å². The lowest BCUT2D eigenvalue weighted by Crippen LogP contribution is -2.29. The van der Waals surface area contributed by atoms with E-state index < -0.39 is 0 Å². The van der Waals surface area contributed by atoms with Crippen molar-refractivity contribution in [1.82, 2.24) is 5.32 Å². The molecule has 0 bridgehead atoms. The zero-order valence-electron chi connectivity index (χ0n) is 10.2. The number of fused-ring (bicyclic) bond motifs is 1. The summed E-state index contributed by atoms with van der Waals surface area (Å²) in [4.78, 5) is 0. The quantitative estimate of drug-likeness (QED) is 0.864. The van der Waals surface area contributed by atoms with Gasteiger partial charge in [-0.25, -0.2) is 0 Å². The molecule has 0 saturated carbocycles. The van der Waals surface area contributed by atoms with Crippen molar-refractivity contribution in [3.8, 4) is 0 Å². The Labute approximate surface area is 113 Å². The molecule has 1 heterocycles. The molecule has 3 rings (SSSR count). The van der Waals surface area contributed by atoms with Crippen molar-refractivity contribution < 1.29 is 0 Å². The highest BCUT2D eigenvalue weighted by molar-refractivity contribution is 6.30. The third-order valence-corrected chi connectivity index (χ3v) is 3.85. The van der Waals surface area contributed by atoms with Crippen LogP contribution in [-0.4, -0.2) is 6.54 Å². The number of halogens is 1. The summed E-state index contributed by atoms with van der Waals surface area (Å²) in [6.07, 6.45) is 1.07.